The maximum atomic E-state index is 12.2. The van der Waals surface area contributed by atoms with E-state index in [1.54, 1.807) is 19.3 Å². The Morgan fingerprint density at radius 2 is 2.05 bits per heavy atom. The van der Waals surface area contributed by atoms with Gasteiger partial charge in [0.05, 0.1) is 12.7 Å². The highest BCUT2D eigenvalue weighted by molar-refractivity contribution is 9.10. The van der Waals surface area contributed by atoms with Crippen molar-refractivity contribution in [3.8, 4) is 0 Å². The molecule has 4 nitrogen and oxygen atoms in total. The number of hydroxylamine groups is 2. The highest BCUT2D eigenvalue weighted by Crippen LogP contribution is 2.30. The highest BCUT2D eigenvalue weighted by atomic mass is 79.9. The average molecular weight is 353 g/mol. The third-order valence-corrected chi connectivity index (χ3v) is 4.09. The van der Waals surface area contributed by atoms with Gasteiger partial charge in [0.15, 0.2) is 0 Å². The molecule has 0 aliphatic heterocycles. The third-order valence-electron chi connectivity index (χ3n) is 2.59. The molecule has 0 saturated heterocycles. The molecule has 1 amide bonds. The molecule has 0 bridgehead atoms. The molecule has 0 saturated carbocycles. The molecule has 1 aromatic carbocycles. The van der Waals surface area contributed by atoms with E-state index < -0.39 is 0 Å². The SMILES string of the molecule is CON(C)C(=O)c1ccccc1Sc1ccc(Br)cn1. The van der Waals surface area contributed by atoms with Crippen molar-refractivity contribution in [2.24, 2.45) is 0 Å². The van der Waals surface area contributed by atoms with Crippen molar-refractivity contribution in [2.75, 3.05) is 14.2 Å². The Morgan fingerprint density at radius 3 is 2.70 bits per heavy atom. The Bertz CT molecular complexity index is 604. The second-order valence-corrected chi connectivity index (χ2v) is 5.88. The van der Waals surface area contributed by atoms with Gasteiger partial charge in [-0.1, -0.05) is 23.9 Å². The van der Waals surface area contributed by atoms with E-state index in [1.807, 2.05) is 30.3 Å². The molecule has 1 heterocycles. The van der Waals surface area contributed by atoms with Gasteiger partial charge in [-0.25, -0.2) is 10.0 Å². The van der Waals surface area contributed by atoms with Crippen LogP contribution in [0.2, 0.25) is 0 Å². The Hall–Kier alpha value is -1.37. The van der Waals surface area contributed by atoms with E-state index in [4.69, 9.17) is 4.84 Å². The van der Waals surface area contributed by atoms with Crippen LogP contribution in [0.1, 0.15) is 10.4 Å². The third kappa shape index (κ3) is 3.59. The lowest BCUT2D eigenvalue weighted by Crippen LogP contribution is -2.25. The van der Waals surface area contributed by atoms with Crippen LogP contribution in [0.5, 0.6) is 0 Å². The lowest BCUT2D eigenvalue weighted by atomic mass is 10.2. The van der Waals surface area contributed by atoms with E-state index in [-0.39, 0.29) is 5.91 Å². The maximum Gasteiger partial charge on any atom is 0.278 e. The molecule has 0 spiro atoms. The number of carbonyl (C=O) groups excluding carboxylic acids is 1. The fraction of sp³-hybridized carbons (Fsp3) is 0.143. The second-order valence-electron chi connectivity index (χ2n) is 3.90. The van der Waals surface area contributed by atoms with E-state index in [2.05, 4.69) is 20.9 Å². The van der Waals surface area contributed by atoms with Gasteiger partial charge in [0.1, 0.15) is 5.03 Å². The van der Waals surface area contributed by atoms with E-state index in [0.717, 1.165) is 14.4 Å². The van der Waals surface area contributed by atoms with Crippen LogP contribution >= 0.6 is 27.7 Å². The summed E-state index contributed by atoms with van der Waals surface area (Å²) in [5.74, 6) is -0.187. The normalized spacial score (nSPS) is 10.3. The monoisotopic (exact) mass is 352 g/mol. The molecular formula is C14H13BrN2O2S. The zero-order valence-electron chi connectivity index (χ0n) is 11.0. The Labute approximate surface area is 130 Å². The zero-order valence-corrected chi connectivity index (χ0v) is 13.4. The summed E-state index contributed by atoms with van der Waals surface area (Å²) in [4.78, 5) is 22.3. The average Bonchev–Trinajstić information content (AvgIpc) is 2.48. The van der Waals surface area contributed by atoms with Crippen LogP contribution in [-0.4, -0.2) is 30.1 Å². The lowest BCUT2D eigenvalue weighted by molar-refractivity contribution is -0.0759. The Morgan fingerprint density at radius 1 is 1.30 bits per heavy atom. The molecular weight excluding hydrogens is 340 g/mol. The van der Waals surface area contributed by atoms with E-state index in [9.17, 15) is 4.79 Å². The largest absolute Gasteiger partial charge is 0.278 e. The quantitative estimate of drug-likeness (QED) is 0.788. The van der Waals surface area contributed by atoms with Gasteiger partial charge >= 0.3 is 0 Å². The molecule has 2 aromatic rings. The summed E-state index contributed by atoms with van der Waals surface area (Å²) in [6, 6.07) is 11.2. The second kappa shape index (κ2) is 6.88. The number of hydrogen-bond donors (Lipinski definition) is 0. The molecule has 1 aromatic heterocycles. The van der Waals surface area contributed by atoms with Crippen molar-refractivity contribution in [1.29, 1.82) is 0 Å². The van der Waals surface area contributed by atoms with Crippen molar-refractivity contribution < 1.29 is 9.63 Å². The van der Waals surface area contributed by atoms with E-state index in [1.165, 1.54) is 23.9 Å². The summed E-state index contributed by atoms with van der Waals surface area (Å²) in [5.41, 5.74) is 0.589. The number of pyridine rings is 1. The summed E-state index contributed by atoms with van der Waals surface area (Å²) in [5, 5.41) is 2.03. The van der Waals surface area contributed by atoms with Gasteiger partial charge < -0.3 is 0 Å². The van der Waals surface area contributed by atoms with Gasteiger partial charge in [0.25, 0.3) is 5.91 Å². The van der Waals surface area contributed by atoms with Gasteiger partial charge in [0.2, 0.25) is 0 Å². The van der Waals surface area contributed by atoms with Crippen LogP contribution in [0.4, 0.5) is 0 Å². The first-order valence-electron chi connectivity index (χ1n) is 5.82. The molecule has 2 rings (SSSR count). The van der Waals surface area contributed by atoms with Gasteiger partial charge in [0, 0.05) is 22.6 Å². The minimum absolute atomic E-state index is 0.187. The Kier molecular flexibility index (Phi) is 5.17. The highest BCUT2D eigenvalue weighted by Gasteiger charge is 2.16. The molecule has 0 N–H and O–H groups in total. The number of aromatic nitrogens is 1. The topological polar surface area (TPSA) is 42.4 Å². The number of rotatable bonds is 4. The van der Waals surface area contributed by atoms with Gasteiger partial charge in [-0.15, -0.1) is 0 Å². The van der Waals surface area contributed by atoms with Crippen LogP contribution in [0, 0.1) is 0 Å². The molecule has 0 aliphatic rings. The fourth-order valence-corrected chi connectivity index (χ4v) is 2.63. The van der Waals surface area contributed by atoms with Crippen LogP contribution in [-0.2, 0) is 4.84 Å². The zero-order chi connectivity index (χ0) is 14.5. The maximum absolute atomic E-state index is 12.2. The molecule has 20 heavy (non-hydrogen) atoms. The van der Waals surface area contributed by atoms with Crippen molar-refractivity contribution in [2.45, 2.75) is 9.92 Å². The van der Waals surface area contributed by atoms with Crippen molar-refractivity contribution in [3.63, 3.8) is 0 Å². The number of benzene rings is 1. The fourth-order valence-electron chi connectivity index (χ4n) is 1.52. The van der Waals surface area contributed by atoms with Crippen molar-refractivity contribution in [3.05, 3.63) is 52.6 Å². The molecule has 0 aliphatic carbocycles. The predicted octanol–water partition coefficient (Wildman–Crippen LogP) is 3.63. The number of hydrogen-bond acceptors (Lipinski definition) is 4. The van der Waals surface area contributed by atoms with Crippen molar-refractivity contribution >= 4 is 33.6 Å². The number of halogens is 1. The molecule has 0 unspecified atom stereocenters. The molecule has 104 valence electrons. The first-order valence-corrected chi connectivity index (χ1v) is 7.43. The van der Waals surface area contributed by atoms with E-state index >= 15 is 0 Å². The number of amides is 1. The minimum atomic E-state index is -0.187. The summed E-state index contributed by atoms with van der Waals surface area (Å²) >= 11 is 4.79. The first kappa shape index (κ1) is 15.0. The standard InChI is InChI=1S/C14H13BrN2O2S/c1-17(19-2)14(18)11-5-3-4-6-12(11)20-13-8-7-10(15)9-16-13/h3-9H,1-2H3. The van der Waals surface area contributed by atoms with Gasteiger partial charge in [-0.05, 0) is 40.2 Å². The molecule has 0 fully saturated rings. The van der Waals surface area contributed by atoms with Gasteiger partial charge in [-0.3, -0.25) is 9.63 Å². The summed E-state index contributed by atoms with van der Waals surface area (Å²) < 4.78 is 0.922. The lowest BCUT2D eigenvalue weighted by Gasteiger charge is -2.15. The van der Waals surface area contributed by atoms with Crippen LogP contribution in [0.25, 0.3) is 0 Å². The summed E-state index contributed by atoms with van der Waals surface area (Å²) in [7, 11) is 3.05. The van der Waals surface area contributed by atoms with Crippen LogP contribution < -0.4 is 0 Å². The minimum Gasteiger partial charge on any atom is -0.274 e. The molecule has 0 atom stereocenters. The summed E-state index contributed by atoms with van der Waals surface area (Å²) in [6.07, 6.45) is 1.73. The van der Waals surface area contributed by atoms with Crippen LogP contribution in [0.15, 0.2) is 57.0 Å². The van der Waals surface area contributed by atoms with Crippen LogP contribution in [0.3, 0.4) is 0 Å². The number of carbonyl (C=O) groups is 1. The molecule has 6 heteroatoms. The van der Waals surface area contributed by atoms with Crippen molar-refractivity contribution in [1.82, 2.24) is 10.0 Å². The number of nitrogens with zero attached hydrogens (tertiary/aromatic N) is 2. The molecule has 0 radical (unpaired) electrons. The smallest absolute Gasteiger partial charge is 0.274 e. The van der Waals surface area contributed by atoms with Gasteiger partial charge in [-0.2, -0.15) is 0 Å². The predicted molar refractivity (Wildman–Crippen MR) is 81.6 cm³/mol. The summed E-state index contributed by atoms with van der Waals surface area (Å²) in [6.45, 7) is 0. The Balaban J connectivity index is 2.28. The first-order chi connectivity index (χ1) is 9.61. The van der Waals surface area contributed by atoms with E-state index in [0.29, 0.717) is 5.56 Å².